The first-order valence-corrected chi connectivity index (χ1v) is 15.6. The van der Waals surface area contributed by atoms with Crippen LogP contribution in [0.3, 0.4) is 0 Å². The number of benzene rings is 2. The molecule has 1 saturated carbocycles. The van der Waals surface area contributed by atoms with Gasteiger partial charge in [-0.1, -0.05) is 18.2 Å². The first-order chi connectivity index (χ1) is 21.3. The number of para-hydroxylation sites is 1. The number of fused-ring (bicyclic) bond motifs is 1. The molecule has 2 saturated heterocycles. The predicted octanol–water partition coefficient (Wildman–Crippen LogP) is 5.93. The van der Waals surface area contributed by atoms with Crippen molar-refractivity contribution >= 4 is 34.3 Å². The molecule has 4 aromatic rings. The largest absolute Gasteiger partial charge is 0.494 e. The quantitative estimate of drug-likeness (QED) is 0.282. The van der Waals surface area contributed by atoms with Crippen molar-refractivity contribution in [3.8, 4) is 17.0 Å². The highest BCUT2D eigenvalue weighted by atomic mass is 16.6. The predicted molar refractivity (Wildman–Crippen MR) is 173 cm³/mol. The summed E-state index contributed by atoms with van der Waals surface area (Å²) in [6, 6.07) is 17.8. The number of methoxy groups -OCH3 is 1. The molecule has 1 amide bonds. The van der Waals surface area contributed by atoms with Crippen LogP contribution in [0, 0.1) is 0 Å². The Morgan fingerprint density at radius 1 is 0.977 bits per heavy atom. The molecule has 2 aromatic carbocycles. The van der Waals surface area contributed by atoms with Crippen LogP contribution >= 0.6 is 0 Å². The van der Waals surface area contributed by atoms with Crippen molar-refractivity contribution < 1.29 is 14.3 Å². The van der Waals surface area contributed by atoms with Gasteiger partial charge in [0.05, 0.1) is 18.5 Å². The molecule has 0 atom stereocenters. The molecule has 10 nitrogen and oxygen atoms in total. The number of nitrogens with one attached hydrogen (secondary N) is 1. The summed E-state index contributed by atoms with van der Waals surface area (Å²) < 4.78 is 13.7. The minimum absolute atomic E-state index is 0.216. The van der Waals surface area contributed by atoms with Gasteiger partial charge in [0.25, 0.3) is 0 Å². The van der Waals surface area contributed by atoms with Gasteiger partial charge in [-0.25, -0.2) is 14.8 Å². The van der Waals surface area contributed by atoms with Gasteiger partial charge in [0, 0.05) is 92.0 Å². The number of anilines is 3. The number of likely N-dealkylation sites (tertiary alicyclic amines) is 1. The van der Waals surface area contributed by atoms with E-state index in [1.165, 1.54) is 23.7 Å². The Balaban J connectivity index is 0.997. The van der Waals surface area contributed by atoms with E-state index in [9.17, 15) is 4.79 Å². The average Bonchev–Trinajstić information content (AvgIpc) is 3.76. The molecular weight excluding hydrogens is 554 g/mol. The molecule has 10 heteroatoms. The lowest BCUT2D eigenvalue weighted by molar-refractivity contribution is -0.0162. The smallest absolute Gasteiger partial charge is 0.410 e. The number of ether oxygens (including phenoxy) is 2. The molecule has 0 bridgehead atoms. The van der Waals surface area contributed by atoms with E-state index in [2.05, 4.69) is 67.3 Å². The van der Waals surface area contributed by atoms with Gasteiger partial charge in [-0.3, -0.25) is 4.90 Å². The maximum absolute atomic E-state index is 12.3. The topological polar surface area (TPSA) is 88.0 Å². The van der Waals surface area contributed by atoms with Crippen molar-refractivity contribution in [2.24, 2.45) is 0 Å². The molecule has 44 heavy (non-hydrogen) atoms. The van der Waals surface area contributed by atoms with E-state index in [0.717, 1.165) is 67.7 Å². The molecule has 2 aromatic heterocycles. The van der Waals surface area contributed by atoms with Gasteiger partial charge < -0.3 is 29.2 Å². The highest BCUT2D eigenvalue weighted by Gasteiger charge is 2.38. The molecule has 1 aliphatic carbocycles. The van der Waals surface area contributed by atoms with Crippen LogP contribution < -0.4 is 15.0 Å². The molecule has 0 spiro atoms. The Labute approximate surface area is 258 Å². The standard InChI is InChI=1S/C34H41N7O3/c1-34(2,3)44-33(42)40-20-25(21-40)39-17-15-38(16-18-39)24-11-12-29(31(19-24)43-4)37-32-35-14-13-28(36-32)27-22-41(23-9-10-23)30-8-6-5-7-26(27)30/h5-8,11-14,19,22-23,25H,9-10,15-18,20-21H2,1-4H3,(H,35,36,37). The summed E-state index contributed by atoms with van der Waals surface area (Å²) in [4.78, 5) is 28.4. The van der Waals surface area contributed by atoms with Gasteiger partial charge >= 0.3 is 6.09 Å². The van der Waals surface area contributed by atoms with Crippen LogP contribution in [0.2, 0.25) is 0 Å². The Bertz CT molecular complexity index is 1660. The third-order valence-corrected chi connectivity index (χ3v) is 8.75. The fourth-order valence-electron chi connectivity index (χ4n) is 6.24. The molecule has 1 N–H and O–H groups in total. The Morgan fingerprint density at radius 3 is 2.48 bits per heavy atom. The Kier molecular flexibility index (Phi) is 7.32. The summed E-state index contributed by atoms with van der Waals surface area (Å²) in [5.41, 5.74) is 4.76. The summed E-state index contributed by atoms with van der Waals surface area (Å²) >= 11 is 0. The molecule has 0 unspecified atom stereocenters. The van der Waals surface area contributed by atoms with E-state index >= 15 is 0 Å². The first-order valence-electron chi connectivity index (χ1n) is 15.6. The molecule has 7 rings (SSSR count). The SMILES string of the molecule is COc1cc(N2CCN(C3CN(C(=O)OC(C)(C)C)C3)CC2)ccc1Nc1nccc(-c2cn(C3CC3)c3ccccc23)n1. The zero-order valence-electron chi connectivity index (χ0n) is 26.0. The maximum Gasteiger partial charge on any atom is 0.410 e. The zero-order chi connectivity index (χ0) is 30.4. The number of hydrogen-bond acceptors (Lipinski definition) is 8. The zero-order valence-corrected chi connectivity index (χ0v) is 26.0. The summed E-state index contributed by atoms with van der Waals surface area (Å²) in [5.74, 6) is 1.28. The van der Waals surface area contributed by atoms with Crippen molar-refractivity contribution in [3.05, 3.63) is 60.9 Å². The van der Waals surface area contributed by atoms with Crippen LogP contribution in [0.4, 0.5) is 22.1 Å². The molecule has 3 fully saturated rings. The number of aromatic nitrogens is 3. The summed E-state index contributed by atoms with van der Waals surface area (Å²) in [7, 11) is 1.69. The fraction of sp³-hybridized carbons (Fsp3) is 0.441. The molecule has 4 heterocycles. The number of carbonyl (C=O) groups is 1. The first kappa shape index (κ1) is 28.5. The maximum atomic E-state index is 12.3. The van der Waals surface area contributed by atoms with Crippen LogP contribution in [-0.2, 0) is 4.74 Å². The molecule has 3 aliphatic rings. The van der Waals surface area contributed by atoms with Gasteiger partial charge in [0.1, 0.15) is 11.4 Å². The van der Waals surface area contributed by atoms with Crippen LogP contribution in [0.15, 0.2) is 60.9 Å². The summed E-state index contributed by atoms with van der Waals surface area (Å²) in [5, 5.41) is 4.61. The number of nitrogens with zero attached hydrogens (tertiary/aromatic N) is 6. The van der Waals surface area contributed by atoms with Gasteiger partial charge in [-0.2, -0.15) is 0 Å². The summed E-state index contributed by atoms with van der Waals surface area (Å²) in [6.45, 7) is 10.9. The van der Waals surface area contributed by atoms with E-state index in [0.29, 0.717) is 18.0 Å². The highest BCUT2D eigenvalue weighted by Crippen LogP contribution is 2.41. The monoisotopic (exact) mass is 595 g/mol. The normalized spacial score (nSPS) is 17.9. The summed E-state index contributed by atoms with van der Waals surface area (Å²) in [6.07, 6.45) is 6.30. The van der Waals surface area contributed by atoms with Gasteiger partial charge in [-0.15, -0.1) is 0 Å². The molecular formula is C34H41N7O3. The van der Waals surface area contributed by atoms with Crippen molar-refractivity contribution in [2.75, 3.05) is 56.6 Å². The molecule has 2 aliphatic heterocycles. The minimum atomic E-state index is -0.463. The minimum Gasteiger partial charge on any atom is -0.494 e. The number of piperazine rings is 1. The second kappa shape index (κ2) is 11.3. The lowest BCUT2D eigenvalue weighted by atomic mass is 10.1. The molecule has 0 radical (unpaired) electrons. The number of rotatable bonds is 7. The van der Waals surface area contributed by atoms with Crippen LogP contribution in [0.25, 0.3) is 22.2 Å². The second-order valence-electron chi connectivity index (χ2n) is 13.0. The third-order valence-electron chi connectivity index (χ3n) is 8.75. The number of hydrogen-bond donors (Lipinski definition) is 1. The van der Waals surface area contributed by atoms with E-state index in [4.69, 9.17) is 14.5 Å². The van der Waals surface area contributed by atoms with Crippen molar-refractivity contribution in [2.45, 2.75) is 51.3 Å². The number of carbonyl (C=O) groups excluding carboxylic acids is 1. The lowest BCUT2D eigenvalue weighted by Gasteiger charge is -2.48. The lowest BCUT2D eigenvalue weighted by Crippen LogP contribution is -2.64. The Morgan fingerprint density at radius 2 is 1.75 bits per heavy atom. The van der Waals surface area contributed by atoms with Crippen molar-refractivity contribution in [1.82, 2.24) is 24.3 Å². The van der Waals surface area contributed by atoms with Crippen molar-refractivity contribution in [1.29, 1.82) is 0 Å². The van der Waals surface area contributed by atoms with Crippen LogP contribution in [0.1, 0.15) is 39.7 Å². The van der Waals surface area contributed by atoms with Gasteiger partial charge in [0.2, 0.25) is 5.95 Å². The van der Waals surface area contributed by atoms with Crippen LogP contribution in [-0.4, -0.2) is 88.4 Å². The van der Waals surface area contributed by atoms with Gasteiger partial charge in [0.15, 0.2) is 0 Å². The fourth-order valence-corrected chi connectivity index (χ4v) is 6.24. The van der Waals surface area contributed by atoms with E-state index in [1.807, 2.05) is 39.1 Å². The highest BCUT2D eigenvalue weighted by molar-refractivity contribution is 5.95. The van der Waals surface area contributed by atoms with E-state index in [-0.39, 0.29) is 6.09 Å². The Hall–Kier alpha value is -4.31. The third kappa shape index (κ3) is 5.78. The van der Waals surface area contributed by atoms with Crippen LogP contribution in [0.5, 0.6) is 5.75 Å². The molecule has 230 valence electrons. The second-order valence-corrected chi connectivity index (χ2v) is 13.0. The van der Waals surface area contributed by atoms with Gasteiger partial charge in [-0.05, 0) is 57.9 Å². The van der Waals surface area contributed by atoms with E-state index in [1.54, 1.807) is 12.0 Å². The number of amides is 1. The van der Waals surface area contributed by atoms with Crippen molar-refractivity contribution in [3.63, 3.8) is 0 Å². The average molecular weight is 596 g/mol. The van der Waals surface area contributed by atoms with E-state index < -0.39 is 5.60 Å².